The van der Waals surface area contributed by atoms with E-state index in [1.165, 1.54) is 4.90 Å². The Kier molecular flexibility index (Phi) is 4.99. The van der Waals surface area contributed by atoms with E-state index in [0.717, 1.165) is 12.8 Å². The average molecular weight is 256 g/mol. The summed E-state index contributed by atoms with van der Waals surface area (Å²) in [6.45, 7) is 7.28. The van der Waals surface area contributed by atoms with Gasteiger partial charge in [-0.15, -0.1) is 0 Å². The lowest BCUT2D eigenvalue weighted by molar-refractivity contribution is -0.142. The number of urea groups is 1. The number of hydrogen-bond donors (Lipinski definition) is 1. The van der Waals surface area contributed by atoms with Crippen molar-refractivity contribution in [3.05, 3.63) is 0 Å². The lowest BCUT2D eigenvalue weighted by atomic mass is 10.0. The minimum Gasteiger partial charge on any atom is -0.480 e. The van der Waals surface area contributed by atoms with Crippen molar-refractivity contribution >= 4 is 12.0 Å². The van der Waals surface area contributed by atoms with Gasteiger partial charge in [-0.25, -0.2) is 9.59 Å². The van der Waals surface area contributed by atoms with Crippen molar-refractivity contribution in [1.82, 2.24) is 9.80 Å². The van der Waals surface area contributed by atoms with Crippen LogP contribution in [0.1, 0.15) is 33.6 Å². The number of hydrogen-bond acceptors (Lipinski definition) is 2. The molecule has 0 aromatic heterocycles. The zero-order valence-electron chi connectivity index (χ0n) is 11.7. The summed E-state index contributed by atoms with van der Waals surface area (Å²) in [5.41, 5.74) is 0. The number of carbonyl (C=O) groups excluding carboxylic acids is 1. The van der Waals surface area contributed by atoms with Gasteiger partial charge in [-0.05, 0) is 18.3 Å². The number of nitrogens with zero attached hydrogens (tertiary/aromatic N) is 2. The summed E-state index contributed by atoms with van der Waals surface area (Å²) < 4.78 is 0. The first-order chi connectivity index (χ1) is 8.38. The second kappa shape index (κ2) is 6.07. The van der Waals surface area contributed by atoms with Crippen LogP contribution in [0.15, 0.2) is 0 Å². The Morgan fingerprint density at radius 3 is 2.61 bits per heavy atom. The van der Waals surface area contributed by atoms with Gasteiger partial charge in [0.1, 0.15) is 6.04 Å². The van der Waals surface area contributed by atoms with Crippen molar-refractivity contribution in [1.29, 1.82) is 0 Å². The topological polar surface area (TPSA) is 60.9 Å². The molecule has 1 aliphatic heterocycles. The normalized spacial score (nSPS) is 25.0. The van der Waals surface area contributed by atoms with Gasteiger partial charge < -0.3 is 14.9 Å². The smallest absolute Gasteiger partial charge is 0.326 e. The van der Waals surface area contributed by atoms with Crippen molar-refractivity contribution in [3.63, 3.8) is 0 Å². The molecular weight excluding hydrogens is 232 g/mol. The molecule has 5 heteroatoms. The Morgan fingerprint density at radius 2 is 2.11 bits per heavy atom. The lowest BCUT2D eigenvalue weighted by Crippen LogP contribution is -2.48. The fourth-order valence-corrected chi connectivity index (χ4v) is 2.43. The van der Waals surface area contributed by atoms with E-state index in [1.807, 2.05) is 6.92 Å². The quantitative estimate of drug-likeness (QED) is 0.835. The fraction of sp³-hybridized carbons (Fsp3) is 0.846. The van der Waals surface area contributed by atoms with Gasteiger partial charge in [0.25, 0.3) is 0 Å². The van der Waals surface area contributed by atoms with Crippen LogP contribution in [0, 0.1) is 11.8 Å². The van der Waals surface area contributed by atoms with Crippen molar-refractivity contribution in [2.24, 2.45) is 11.8 Å². The Hall–Kier alpha value is -1.26. The fourth-order valence-electron chi connectivity index (χ4n) is 2.43. The molecule has 1 rings (SSSR count). The monoisotopic (exact) mass is 256 g/mol. The third kappa shape index (κ3) is 3.15. The molecule has 1 aliphatic rings. The summed E-state index contributed by atoms with van der Waals surface area (Å²) in [4.78, 5) is 26.6. The second-order valence-electron chi connectivity index (χ2n) is 5.42. The zero-order chi connectivity index (χ0) is 13.9. The number of amides is 2. The molecule has 0 saturated carbocycles. The molecule has 18 heavy (non-hydrogen) atoms. The lowest BCUT2D eigenvalue weighted by Gasteiger charge is -2.30. The van der Waals surface area contributed by atoms with Gasteiger partial charge in [0.05, 0.1) is 0 Å². The first kappa shape index (κ1) is 14.8. The van der Waals surface area contributed by atoms with E-state index in [-0.39, 0.29) is 11.9 Å². The minimum absolute atomic E-state index is 0.0310. The molecule has 1 N–H and O–H groups in total. The summed E-state index contributed by atoms with van der Waals surface area (Å²) in [6, 6.07) is -0.830. The summed E-state index contributed by atoms with van der Waals surface area (Å²) in [5, 5.41) is 9.20. The van der Waals surface area contributed by atoms with Gasteiger partial charge in [-0.1, -0.05) is 27.2 Å². The second-order valence-corrected chi connectivity index (χ2v) is 5.42. The van der Waals surface area contributed by atoms with Gasteiger partial charge >= 0.3 is 12.0 Å². The Balaban J connectivity index is 2.68. The molecule has 3 unspecified atom stereocenters. The van der Waals surface area contributed by atoms with Crippen molar-refractivity contribution < 1.29 is 14.7 Å². The number of aliphatic carboxylic acids is 1. The molecule has 0 spiro atoms. The number of carbonyl (C=O) groups is 2. The first-order valence-electron chi connectivity index (χ1n) is 6.63. The van der Waals surface area contributed by atoms with E-state index in [0.29, 0.717) is 19.0 Å². The van der Waals surface area contributed by atoms with Gasteiger partial charge in [-0.3, -0.25) is 0 Å². The zero-order valence-corrected chi connectivity index (χ0v) is 11.7. The van der Waals surface area contributed by atoms with E-state index in [1.54, 1.807) is 11.9 Å². The van der Waals surface area contributed by atoms with Crippen molar-refractivity contribution in [2.75, 3.05) is 20.1 Å². The van der Waals surface area contributed by atoms with Crippen LogP contribution in [-0.4, -0.2) is 53.1 Å². The van der Waals surface area contributed by atoms with Crippen LogP contribution >= 0.6 is 0 Å². The molecule has 0 aromatic rings. The highest BCUT2D eigenvalue weighted by Gasteiger charge is 2.40. The van der Waals surface area contributed by atoms with E-state index in [4.69, 9.17) is 0 Å². The maximum absolute atomic E-state index is 12.2. The third-order valence-electron chi connectivity index (χ3n) is 3.81. The predicted octanol–water partition coefficient (Wildman–Crippen LogP) is 1.88. The number of likely N-dealkylation sites (tertiary alicyclic amines) is 1. The van der Waals surface area contributed by atoms with E-state index >= 15 is 0 Å². The highest BCUT2D eigenvalue weighted by molar-refractivity contribution is 5.83. The molecule has 0 radical (unpaired) electrons. The molecule has 1 fully saturated rings. The molecule has 1 saturated heterocycles. The third-order valence-corrected chi connectivity index (χ3v) is 3.81. The van der Waals surface area contributed by atoms with Crippen molar-refractivity contribution in [2.45, 2.75) is 39.7 Å². The molecule has 1 heterocycles. The van der Waals surface area contributed by atoms with E-state index in [9.17, 15) is 14.7 Å². The van der Waals surface area contributed by atoms with Crippen LogP contribution in [0.5, 0.6) is 0 Å². The van der Waals surface area contributed by atoms with Crippen LogP contribution in [-0.2, 0) is 4.79 Å². The van der Waals surface area contributed by atoms with Crippen molar-refractivity contribution in [3.8, 4) is 0 Å². The average Bonchev–Trinajstić information content (AvgIpc) is 2.69. The largest absolute Gasteiger partial charge is 0.480 e. The first-order valence-corrected chi connectivity index (χ1v) is 6.63. The summed E-state index contributed by atoms with van der Waals surface area (Å²) in [6.07, 6.45) is 1.77. The number of rotatable bonds is 4. The SMILES string of the molecule is CCC(C)CN(C)C(=O)N1CCC(C)C1C(=O)O. The molecule has 104 valence electrons. The summed E-state index contributed by atoms with van der Waals surface area (Å²) >= 11 is 0. The van der Waals surface area contributed by atoms with Gasteiger partial charge in [-0.2, -0.15) is 0 Å². The predicted molar refractivity (Wildman–Crippen MR) is 69.4 cm³/mol. The molecule has 0 bridgehead atoms. The highest BCUT2D eigenvalue weighted by Crippen LogP contribution is 2.25. The highest BCUT2D eigenvalue weighted by atomic mass is 16.4. The van der Waals surface area contributed by atoms with E-state index in [2.05, 4.69) is 13.8 Å². The molecule has 0 aromatic carbocycles. The Labute approximate surface area is 109 Å². The van der Waals surface area contributed by atoms with Gasteiger partial charge in [0.15, 0.2) is 0 Å². The Morgan fingerprint density at radius 1 is 1.50 bits per heavy atom. The van der Waals surface area contributed by atoms with Gasteiger partial charge in [0, 0.05) is 20.1 Å². The maximum atomic E-state index is 12.2. The summed E-state index contributed by atoms with van der Waals surface area (Å²) in [5.74, 6) is -0.434. The molecular formula is C13H24N2O3. The van der Waals surface area contributed by atoms with Crippen LogP contribution < -0.4 is 0 Å². The maximum Gasteiger partial charge on any atom is 0.326 e. The van der Waals surface area contributed by atoms with E-state index < -0.39 is 12.0 Å². The van der Waals surface area contributed by atoms with Crippen LogP contribution in [0.2, 0.25) is 0 Å². The minimum atomic E-state index is -0.898. The number of carboxylic acids is 1. The Bertz CT molecular complexity index is 319. The van der Waals surface area contributed by atoms with Crippen LogP contribution in [0.25, 0.3) is 0 Å². The molecule has 3 atom stereocenters. The molecule has 2 amide bonds. The molecule has 5 nitrogen and oxygen atoms in total. The molecule has 0 aliphatic carbocycles. The van der Waals surface area contributed by atoms with Crippen LogP contribution in [0.4, 0.5) is 4.79 Å². The summed E-state index contributed by atoms with van der Waals surface area (Å²) in [7, 11) is 1.75. The number of carboxylic acid groups (broad SMARTS) is 1. The van der Waals surface area contributed by atoms with Gasteiger partial charge in [0.2, 0.25) is 0 Å². The standard InChI is InChI=1S/C13H24N2O3/c1-5-9(2)8-14(4)13(18)15-7-6-10(3)11(15)12(16)17/h9-11H,5-8H2,1-4H3,(H,16,17). The van der Waals surface area contributed by atoms with Crippen LogP contribution in [0.3, 0.4) is 0 Å².